The molecule has 0 spiro atoms. The lowest BCUT2D eigenvalue weighted by atomic mass is 9.89. The maximum absolute atomic E-state index is 12.7. The molecule has 1 saturated heterocycles. The maximum Gasteiger partial charge on any atom is 0.307 e. The molecule has 0 saturated carbocycles. The summed E-state index contributed by atoms with van der Waals surface area (Å²) >= 11 is 0. The van der Waals surface area contributed by atoms with Gasteiger partial charge in [0.1, 0.15) is 0 Å². The SMILES string of the molecule is CC1CC(C(=O)O)CN(C(C)C(=O)Nc2cccc3ccccc23)C1. The predicted octanol–water partition coefficient (Wildman–Crippen LogP) is 3.21. The van der Waals surface area contributed by atoms with Crippen molar-refractivity contribution in [2.45, 2.75) is 26.3 Å². The molecule has 1 aliphatic rings. The van der Waals surface area contributed by atoms with Crippen molar-refractivity contribution in [2.24, 2.45) is 11.8 Å². The first-order valence-electron chi connectivity index (χ1n) is 8.71. The second-order valence-corrected chi connectivity index (χ2v) is 7.02. The summed E-state index contributed by atoms with van der Waals surface area (Å²) in [5.74, 6) is -1.02. The monoisotopic (exact) mass is 340 g/mol. The van der Waals surface area contributed by atoms with Crippen molar-refractivity contribution in [3.8, 4) is 0 Å². The maximum atomic E-state index is 12.7. The first kappa shape index (κ1) is 17.4. The lowest BCUT2D eigenvalue weighted by molar-refractivity contribution is -0.145. The summed E-state index contributed by atoms with van der Waals surface area (Å²) < 4.78 is 0. The van der Waals surface area contributed by atoms with Gasteiger partial charge in [-0.05, 0) is 30.7 Å². The fourth-order valence-electron chi connectivity index (χ4n) is 3.63. The van der Waals surface area contributed by atoms with Gasteiger partial charge in [-0.25, -0.2) is 0 Å². The number of carbonyl (C=O) groups excluding carboxylic acids is 1. The van der Waals surface area contributed by atoms with Crippen LogP contribution in [0.4, 0.5) is 5.69 Å². The topological polar surface area (TPSA) is 69.6 Å². The van der Waals surface area contributed by atoms with Crippen molar-refractivity contribution in [1.29, 1.82) is 0 Å². The van der Waals surface area contributed by atoms with Gasteiger partial charge in [0, 0.05) is 24.2 Å². The van der Waals surface area contributed by atoms with Crippen molar-refractivity contribution in [3.05, 3.63) is 42.5 Å². The summed E-state index contributed by atoms with van der Waals surface area (Å²) in [4.78, 5) is 26.1. The smallest absolute Gasteiger partial charge is 0.307 e. The second kappa shape index (κ2) is 7.23. The normalized spacial score (nSPS) is 22.5. The Bertz CT molecular complexity index is 784. The lowest BCUT2D eigenvalue weighted by Gasteiger charge is -2.37. The molecule has 3 unspecified atom stereocenters. The van der Waals surface area contributed by atoms with Crippen LogP contribution in [-0.2, 0) is 9.59 Å². The molecule has 1 fully saturated rings. The minimum absolute atomic E-state index is 0.102. The van der Waals surface area contributed by atoms with Crippen LogP contribution >= 0.6 is 0 Å². The third kappa shape index (κ3) is 3.82. The van der Waals surface area contributed by atoms with E-state index in [2.05, 4.69) is 5.32 Å². The molecule has 0 radical (unpaired) electrons. The Kier molecular flexibility index (Phi) is 5.04. The Morgan fingerprint density at radius 1 is 1.16 bits per heavy atom. The van der Waals surface area contributed by atoms with Gasteiger partial charge in [-0.1, -0.05) is 43.3 Å². The second-order valence-electron chi connectivity index (χ2n) is 7.02. The molecule has 3 rings (SSSR count). The Labute approximate surface area is 147 Å². The van der Waals surface area contributed by atoms with E-state index >= 15 is 0 Å². The first-order chi connectivity index (χ1) is 12.0. The summed E-state index contributed by atoms with van der Waals surface area (Å²) in [5.41, 5.74) is 0.787. The number of nitrogens with one attached hydrogen (secondary N) is 1. The molecule has 2 aromatic carbocycles. The van der Waals surface area contributed by atoms with Crippen molar-refractivity contribution < 1.29 is 14.7 Å². The molecule has 0 aliphatic carbocycles. The van der Waals surface area contributed by atoms with Gasteiger partial charge >= 0.3 is 5.97 Å². The highest BCUT2D eigenvalue weighted by Crippen LogP contribution is 2.26. The highest BCUT2D eigenvalue weighted by atomic mass is 16.4. The molecule has 2 N–H and O–H groups in total. The van der Waals surface area contributed by atoms with E-state index in [1.54, 1.807) is 0 Å². The largest absolute Gasteiger partial charge is 0.481 e. The number of fused-ring (bicyclic) bond motifs is 1. The number of hydrogen-bond acceptors (Lipinski definition) is 3. The van der Waals surface area contributed by atoms with E-state index < -0.39 is 11.9 Å². The number of rotatable bonds is 4. The number of carboxylic acid groups (broad SMARTS) is 1. The van der Waals surface area contributed by atoms with Gasteiger partial charge < -0.3 is 10.4 Å². The molecule has 1 amide bonds. The van der Waals surface area contributed by atoms with Crippen LogP contribution in [-0.4, -0.2) is 41.0 Å². The molecule has 132 valence electrons. The van der Waals surface area contributed by atoms with Crippen LogP contribution in [0.5, 0.6) is 0 Å². The Morgan fingerprint density at radius 3 is 2.64 bits per heavy atom. The summed E-state index contributed by atoms with van der Waals surface area (Å²) in [6.45, 7) is 5.05. The average Bonchev–Trinajstić information content (AvgIpc) is 2.60. The van der Waals surface area contributed by atoms with E-state index in [9.17, 15) is 14.7 Å². The highest BCUT2D eigenvalue weighted by molar-refractivity contribution is 6.03. The van der Waals surface area contributed by atoms with Crippen LogP contribution in [0, 0.1) is 11.8 Å². The minimum atomic E-state index is -0.779. The van der Waals surface area contributed by atoms with E-state index in [1.807, 2.05) is 61.2 Å². The molecule has 25 heavy (non-hydrogen) atoms. The van der Waals surface area contributed by atoms with Gasteiger partial charge in [-0.2, -0.15) is 0 Å². The standard InChI is InChI=1S/C20H24N2O3/c1-13-10-16(20(24)25)12-22(11-13)14(2)19(23)21-18-9-5-7-15-6-3-4-8-17(15)18/h3-9,13-14,16H,10-12H2,1-2H3,(H,21,23)(H,24,25). The van der Waals surface area contributed by atoms with Crippen molar-refractivity contribution >= 4 is 28.3 Å². The van der Waals surface area contributed by atoms with Crippen molar-refractivity contribution in [3.63, 3.8) is 0 Å². The summed E-state index contributed by atoms with van der Waals surface area (Å²) in [6.07, 6.45) is 0.670. The molecular weight excluding hydrogens is 316 g/mol. The molecule has 3 atom stereocenters. The van der Waals surface area contributed by atoms with E-state index in [0.29, 0.717) is 13.0 Å². The Hall–Kier alpha value is -2.40. The molecule has 1 heterocycles. The van der Waals surface area contributed by atoms with Gasteiger partial charge in [-0.15, -0.1) is 0 Å². The zero-order chi connectivity index (χ0) is 18.0. The quantitative estimate of drug-likeness (QED) is 0.897. The van der Waals surface area contributed by atoms with Gasteiger partial charge in [0.2, 0.25) is 5.91 Å². The van der Waals surface area contributed by atoms with E-state index in [-0.39, 0.29) is 17.9 Å². The number of carbonyl (C=O) groups is 2. The van der Waals surface area contributed by atoms with Crippen LogP contribution in [0.1, 0.15) is 20.3 Å². The first-order valence-corrected chi connectivity index (χ1v) is 8.71. The van der Waals surface area contributed by atoms with E-state index in [4.69, 9.17) is 0 Å². The number of hydrogen-bond donors (Lipinski definition) is 2. The lowest BCUT2D eigenvalue weighted by Crippen LogP contribution is -2.50. The molecule has 1 aliphatic heterocycles. The third-order valence-electron chi connectivity index (χ3n) is 5.01. The minimum Gasteiger partial charge on any atom is -0.481 e. The van der Waals surface area contributed by atoms with Crippen LogP contribution < -0.4 is 5.32 Å². The molecule has 0 bridgehead atoms. The van der Waals surface area contributed by atoms with Crippen LogP contribution in [0.25, 0.3) is 10.8 Å². The fourth-order valence-corrected chi connectivity index (χ4v) is 3.63. The predicted molar refractivity (Wildman–Crippen MR) is 98.5 cm³/mol. The van der Waals surface area contributed by atoms with E-state index in [0.717, 1.165) is 23.0 Å². The summed E-state index contributed by atoms with van der Waals surface area (Å²) in [6, 6.07) is 13.4. The number of amides is 1. The number of piperidine rings is 1. The Balaban J connectivity index is 1.75. The number of benzene rings is 2. The third-order valence-corrected chi connectivity index (χ3v) is 5.01. The number of nitrogens with zero attached hydrogens (tertiary/aromatic N) is 1. The number of likely N-dealkylation sites (tertiary alicyclic amines) is 1. The molecule has 0 aromatic heterocycles. The summed E-state index contributed by atoms with van der Waals surface area (Å²) in [7, 11) is 0. The van der Waals surface area contributed by atoms with Crippen LogP contribution in [0.3, 0.4) is 0 Å². The van der Waals surface area contributed by atoms with Crippen molar-refractivity contribution in [1.82, 2.24) is 4.90 Å². The summed E-state index contributed by atoms with van der Waals surface area (Å²) in [5, 5.41) is 14.4. The number of aliphatic carboxylic acids is 1. The molecular formula is C20H24N2O3. The van der Waals surface area contributed by atoms with E-state index in [1.165, 1.54) is 0 Å². The van der Waals surface area contributed by atoms with Gasteiger partial charge in [0.05, 0.1) is 12.0 Å². The van der Waals surface area contributed by atoms with Gasteiger partial charge in [0.25, 0.3) is 0 Å². The van der Waals surface area contributed by atoms with Crippen LogP contribution in [0.15, 0.2) is 42.5 Å². The number of carboxylic acids is 1. The van der Waals surface area contributed by atoms with Crippen LogP contribution in [0.2, 0.25) is 0 Å². The average molecular weight is 340 g/mol. The fraction of sp³-hybridized carbons (Fsp3) is 0.400. The van der Waals surface area contributed by atoms with Crippen molar-refractivity contribution in [2.75, 3.05) is 18.4 Å². The zero-order valence-corrected chi connectivity index (χ0v) is 14.6. The molecule has 5 heteroatoms. The Morgan fingerprint density at radius 2 is 1.88 bits per heavy atom. The van der Waals surface area contributed by atoms with Gasteiger partial charge in [-0.3, -0.25) is 14.5 Å². The number of anilines is 1. The van der Waals surface area contributed by atoms with Gasteiger partial charge in [0.15, 0.2) is 0 Å². The zero-order valence-electron chi connectivity index (χ0n) is 14.6. The molecule has 2 aromatic rings. The highest BCUT2D eigenvalue weighted by Gasteiger charge is 2.33. The molecule has 5 nitrogen and oxygen atoms in total.